The van der Waals surface area contributed by atoms with Crippen LogP contribution in [-0.2, 0) is 4.79 Å². The van der Waals surface area contributed by atoms with Gasteiger partial charge >= 0.3 is 0 Å². The van der Waals surface area contributed by atoms with Gasteiger partial charge in [0.1, 0.15) is 6.04 Å². The minimum Gasteiger partial charge on any atom is -0.340 e. The molecule has 1 fully saturated rings. The number of fused-ring (bicyclic) bond motifs is 1. The monoisotopic (exact) mass is 290 g/mol. The Balaban J connectivity index is 2.03. The second-order valence-corrected chi connectivity index (χ2v) is 5.37. The number of benzene rings is 1. The number of hydrogen-bond donors (Lipinski definition) is 1. The van der Waals surface area contributed by atoms with E-state index in [1.165, 1.54) is 5.54 Å². The van der Waals surface area contributed by atoms with Crippen molar-refractivity contribution in [3.05, 3.63) is 41.4 Å². The van der Waals surface area contributed by atoms with Crippen LogP contribution >= 0.6 is 11.6 Å². The lowest BCUT2D eigenvalue weighted by atomic mass is 10.1. The van der Waals surface area contributed by atoms with E-state index in [9.17, 15) is 9.59 Å². The van der Waals surface area contributed by atoms with Gasteiger partial charge in [-0.25, -0.2) is 0 Å². The Labute approximate surface area is 122 Å². The molecule has 5 heteroatoms. The Morgan fingerprint density at radius 2 is 2.05 bits per heavy atom. The quantitative estimate of drug-likeness (QED) is 0.928. The Kier molecular flexibility index (Phi) is 3.49. The number of halogens is 1. The van der Waals surface area contributed by atoms with E-state index in [0.717, 1.165) is 12.8 Å². The van der Waals surface area contributed by atoms with E-state index in [4.69, 9.17) is 11.6 Å². The fourth-order valence-electron chi connectivity index (χ4n) is 2.55. The van der Waals surface area contributed by atoms with Crippen LogP contribution in [0.15, 0.2) is 35.9 Å². The maximum absolute atomic E-state index is 12.7. The number of para-hydroxylation sites is 1. The molecule has 20 heavy (non-hydrogen) atoms. The van der Waals surface area contributed by atoms with Gasteiger partial charge < -0.3 is 10.2 Å². The SMILES string of the molecule is O=C1NC(C2CC2)C(=O)N(C/C=C/Cl)c2ccccc21. The molecule has 0 spiro atoms. The molecule has 1 saturated carbocycles. The highest BCUT2D eigenvalue weighted by Crippen LogP contribution is 2.36. The molecule has 1 unspecified atom stereocenters. The van der Waals surface area contributed by atoms with Crippen molar-refractivity contribution in [3.63, 3.8) is 0 Å². The highest BCUT2D eigenvalue weighted by atomic mass is 35.5. The molecule has 0 radical (unpaired) electrons. The summed E-state index contributed by atoms with van der Waals surface area (Å²) in [5.41, 5.74) is 2.57. The lowest BCUT2D eigenvalue weighted by molar-refractivity contribution is -0.120. The maximum atomic E-state index is 12.7. The van der Waals surface area contributed by atoms with E-state index >= 15 is 0 Å². The largest absolute Gasteiger partial charge is 0.340 e. The first-order valence-corrected chi connectivity index (χ1v) is 7.12. The minimum absolute atomic E-state index is 0.0550. The molecule has 0 bridgehead atoms. The van der Waals surface area contributed by atoms with Crippen molar-refractivity contribution in [2.45, 2.75) is 18.9 Å². The van der Waals surface area contributed by atoms with E-state index in [0.29, 0.717) is 17.8 Å². The summed E-state index contributed by atoms with van der Waals surface area (Å²) >= 11 is 5.58. The van der Waals surface area contributed by atoms with Crippen LogP contribution in [0.4, 0.5) is 5.69 Å². The van der Waals surface area contributed by atoms with E-state index < -0.39 is 6.04 Å². The third-order valence-corrected chi connectivity index (χ3v) is 3.91. The molecule has 2 amide bonds. The number of nitrogens with one attached hydrogen (secondary N) is 1. The highest BCUT2D eigenvalue weighted by molar-refractivity contribution is 6.25. The zero-order valence-corrected chi connectivity index (χ0v) is 11.6. The van der Waals surface area contributed by atoms with Crippen LogP contribution in [0.2, 0.25) is 0 Å². The lowest BCUT2D eigenvalue weighted by Gasteiger charge is -2.23. The molecule has 1 aromatic carbocycles. The smallest absolute Gasteiger partial charge is 0.254 e. The standard InChI is InChI=1S/C15H15ClN2O2/c16-8-3-9-18-12-5-2-1-4-11(12)14(19)17-13(15(18)20)10-6-7-10/h1-5,8,10,13H,6-7,9H2,(H,17,19)/b8-3+. The number of nitrogens with zero attached hydrogens (tertiary/aromatic N) is 1. The lowest BCUT2D eigenvalue weighted by Crippen LogP contribution is -2.47. The highest BCUT2D eigenvalue weighted by Gasteiger charge is 2.42. The molecule has 1 aromatic rings. The summed E-state index contributed by atoms with van der Waals surface area (Å²) in [6, 6.07) is 6.75. The summed E-state index contributed by atoms with van der Waals surface area (Å²) < 4.78 is 0. The molecule has 1 N–H and O–H groups in total. The molecule has 104 valence electrons. The second-order valence-electron chi connectivity index (χ2n) is 5.12. The van der Waals surface area contributed by atoms with Gasteiger partial charge in [0.05, 0.1) is 11.3 Å². The van der Waals surface area contributed by atoms with Gasteiger partial charge in [0.2, 0.25) is 5.91 Å². The van der Waals surface area contributed by atoms with Crippen molar-refractivity contribution in [1.82, 2.24) is 5.32 Å². The topological polar surface area (TPSA) is 49.4 Å². The predicted molar refractivity (Wildman–Crippen MR) is 77.8 cm³/mol. The van der Waals surface area contributed by atoms with Crippen LogP contribution in [0.25, 0.3) is 0 Å². The van der Waals surface area contributed by atoms with Crippen LogP contribution in [0.5, 0.6) is 0 Å². The van der Waals surface area contributed by atoms with Crippen LogP contribution in [0.1, 0.15) is 23.2 Å². The van der Waals surface area contributed by atoms with E-state index in [2.05, 4.69) is 5.32 Å². The maximum Gasteiger partial charge on any atom is 0.254 e. The van der Waals surface area contributed by atoms with E-state index in [1.807, 2.05) is 6.07 Å². The molecule has 2 aliphatic rings. The van der Waals surface area contributed by atoms with Crippen molar-refractivity contribution in [3.8, 4) is 0 Å². The molecular formula is C15H15ClN2O2. The fraction of sp³-hybridized carbons (Fsp3) is 0.333. The summed E-state index contributed by atoms with van der Waals surface area (Å²) in [6.45, 7) is 0.373. The average molecular weight is 291 g/mol. The molecular weight excluding hydrogens is 276 g/mol. The van der Waals surface area contributed by atoms with Gasteiger partial charge in [-0.2, -0.15) is 0 Å². The number of carbonyl (C=O) groups excluding carboxylic acids is 2. The first-order chi connectivity index (χ1) is 9.72. The summed E-state index contributed by atoms with van der Waals surface area (Å²) in [4.78, 5) is 26.6. The van der Waals surface area contributed by atoms with Crippen LogP contribution in [-0.4, -0.2) is 24.4 Å². The molecule has 0 aromatic heterocycles. The third-order valence-electron chi connectivity index (χ3n) is 3.73. The molecule has 0 saturated heterocycles. The first kappa shape index (κ1) is 13.2. The average Bonchev–Trinajstić information content (AvgIpc) is 3.29. The van der Waals surface area contributed by atoms with Gasteiger partial charge in [-0.15, -0.1) is 0 Å². The van der Waals surface area contributed by atoms with Crippen molar-refractivity contribution in [2.75, 3.05) is 11.4 Å². The summed E-state index contributed by atoms with van der Waals surface area (Å²) in [7, 11) is 0. The van der Waals surface area contributed by atoms with Gasteiger partial charge in [0.15, 0.2) is 0 Å². The van der Waals surface area contributed by atoms with Gasteiger partial charge in [0, 0.05) is 12.1 Å². The molecule has 1 aliphatic carbocycles. The van der Waals surface area contributed by atoms with E-state index in [-0.39, 0.29) is 17.7 Å². The number of rotatable bonds is 3. The third kappa shape index (κ3) is 2.31. The molecule has 1 atom stereocenters. The van der Waals surface area contributed by atoms with Gasteiger partial charge in [0.25, 0.3) is 5.91 Å². The predicted octanol–water partition coefficient (Wildman–Crippen LogP) is 2.29. The molecule has 1 aliphatic heterocycles. The zero-order chi connectivity index (χ0) is 14.1. The summed E-state index contributed by atoms with van der Waals surface area (Å²) in [5, 5.41) is 2.87. The van der Waals surface area contributed by atoms with Crippen LogP contribution in [0.3, 0.4) is 0 Å². The van der Waals surface area contributed by atoms with Gasteiger partial charge in [-0.05, 0) is 30.9 Å². The molecule has 3 rings (SSSR count). The van der Waals surface area contributed by atoms with E-state index in [1.54, 1.807) is 29.2 Å². The summed E-state index contributed by atoms with van der Waals surface area (Å²) in [5.74, 6) is 0.0343. The minimum atomic E-state index is -0.418. The van der Waals surface area contributed by atoms with Crippen molar-refractivity contribution >= 4 is 29.1 Å². The normalized spacial score (nSPS) is 22.6. The van der Waals surface area contributed by atoms with Gasteiger partial charge in [-0.1, -0.05) is 29.8 Å². The first-order valence-electron chi connectivity index (χ1n) is 6.69. The number of anilines is 1. The van der Waals surface area contributed by atoms with Crippen molar-refractivity contribution < 1.29 is 9.59 Å². The van der Waals surface area contributed by atoms with Crippen LogP contribution in [0, 0.1) is 5.92 Å². The Hall–Kier alpha value is -1.81. The fourth-order valence-corrected chi connectivity index (χ4v) is 2.63. The van der Waals surface area contributed by atoms with Gasteiger partial charge in [-0.3, -0.25) is 9.59 Å². The molecule has 1 heterocycles. The van der Waals surface area contributed by atoms with Crippen LogP contribution < -0.4 is 10.2 Å². The Bertz CT molecular complexity index is 581. The second kappa shape index (κ2) is 5.29. The molecule has 4 nitrogen and oxygen atoms in total. The number of carbonyl (C=O) groups is 2. The number of amides is 2. The van der Waals surface area contributed by atoms with Crippen molar-refractivity contribution in [1.29, 1.82) is 0 Å². The Morgan fingerprint density at radius 3 is 2.75 bits per heavy atom. The Morgan fingerprint density at radius 1 is 1.30 bits per heavy atom. The number of hydrogen-bond acceptors (Lipinski definition) is 2. The zero-order valence-electron chi connectivity index (χ0n) is 10.9. The van der Waals surface area contributed by atoms with Crippen molar-refractivity contribution in [2.24, 2.45) is 5.92 Å². The summed E-state index contributed by atoms with van der Waals surface area (Å²) in [6.07, 6.45) is 3.69.